The van der Waals surface area contributed by atoms with Crippen LogP contribution in [0.25, 0.3) is 10.8 Å². The molecule has 4 nitrogen and oxygen atoms in total. The van der Waals surface area contributed by atoms with Gasteiger partial charge in [0.05, 0.1) is 25.3 Å². The van der Waals surface area contributed by atoms with Crippen LogP contribution in [0.3, 0.4) is 0 Å². The van der Waals surface area contributed by atoms with Crippen LogP contribution >= 0.6 is 0 Å². The molecule has 1 atom stereocenters. The van der Waals surface area contributed by atoms with E-state index in [2.05, 4.69) is 35.1 Å². The minimum absolute atomic E-state index is 0.390. The van der Waals surface area contributed by atoms with Gasteiger partial charge in [-0.25, -0.2) is 0 Å². The van der Waals surface area contributed by atoms with E-state index in [0.29, 0.717) is 12.5 Å². The fourth-order valence-corrected chi connectivity index (χ4v) is 2.83. The van der Waals surface area contributed by atoms with Gasteiger partial charge in [-0.1, -0.05) is 24.3 Å². The molecule has 1 fully saturated rings. The number of aliphatic imine (C=N–C) groups is 1. The van der Waals surface area contributed by atoms with Crippen molar-refractivity contribution in [3.8, 4) is 0 Å². The summed E-state index contributed by atoms with van der Waals surface area (Å²) in [6.45, 7) is 2.36. The molecule has 0 amide bonds. The summed E-state index contributed by atoms with van der Waals surface area (Å²) < 4.78 is 10.9. The van der Waals surface area contributed by atoms with Crippen molar-refractivity contribution < 1.29 is 9.15 Å². The van der Waals surface area contributed by atoms with Gasteiger partial charge in [-0.2, -0.15) is 0 Å². The largest absolute Gasteiger partial charge is 0.468 e. The second-order valence-corrected chi connectivity index (χ2v) is 5.26. The minimum atomic E-state index is 0.390. The molecule has 1 unspecified atom stereocenters. The Morgan fingerprint density at radius 2 is 2.25 bits per heavy atom. The van der Waals surface area contributed by atoms with Crippen LogP contribution in [0, 0.1) is 0 Å². The van der Waals surface area contributed by atoms with Gasteiger partial charge in [-0.15, -0.1) is 0 Å². The third-order valence-electron chi connectivity index (χ3n) is 3.86. The van der Waals surface area contributed by atoms with E-state index in [-0.39, 0.29) is 0 Å². The van der Waals surface area contributed by atoms with Crippen molar-refractivity contribution in [2.24, 2.45) is 4.99 Å². The molecule has 1 aromatic heterocycles. The second kappa shape index (κ2) is 5.67. The third kappa shape index (κ3) is 2.43. The number of hydrogen-bond donors (Lipinski definition) is 0. The number of likely N-dealkylation sites (tertiary alicyclic amines) is 1. The molecule has 0 radical (unpaired) electrons. The van der Waals surface area contributed by atoms with E-state index in [1.54, 1.807) is 7.11 Å². The standard InChI is InChI=1S/C16H20N2O2/c1-18-10-13(9-15(18)17-7-8-19-2)16-14-6-4-3-5-12(14)11-20-16/h3-6,11,13H,7-10H2,1-2H3. The molecular weight excluding hydrogens is 252 g/mol. The summed E-state index contributed by atoms with van der Waals surface area (Å²) in [5.41, 5.74) is 0. The summed E-state index contributed by atoms with van der Waals surface area (Å²) in [5.74, 6) is 2.62. The summed E-state index contributed by atoms with van der Waals surface area (Å²) in [5, 5.41) is 2.40. The van der Waals surface area contributed by atoms with Crippen LogP contribution in [0.4, 0.5) is 0 Å². The second-order valence-electron chi connectivity index (χ2n) is 5.26. The van der Waals surface area contributed by atoms with E-state index in [9.17, 15) is 0 Å². The average molecular weight is 272 g/mol. The molecule has 0 saturated carbocycles. The molecule has 1 aliphatic rings. The Bertz CT molecular complexity index is 618. The van der Waals surface area contributed by atoms with Crippen LogP contribution in [0.2, 0.25) is 0 Å². The van der Waals surface area contributed by atoms with Crippen molar-refractivity contribution in [2.75, 3.05) is 33.9 Å². The highest BCUT2D eigenvalue weighted by molar-refractivity contribution is 5.88. The van der Waals surface area contributed by atoms with E-state index in [0.717, 1.165) is 31.1 Å². The Kier molecular flexibility index (Phi) is 3.74. The van der Waals surface area contributed by atoms with Gasteiger partial charge < -0.3 is 14.1 Å². The number of fused-ring (bicyclic) bond motifs is 1. The van der Waals surface area contributed by atoms with Crippen molar-refractivity contribution in [1.82, 2.24) is 4.90 Å². The zero-order chi connectivity index (χ0) is 13.9. The maximum Gasteiger partial charge on any atom is 0.116 e. The number of furan rings is 1. The molecule has 1 aliphatic heterocycles. The Balaban J connectivity index is 1.81. The van der Waals surface area contributed by atoms with E-state index >= 15 is 0 Å². The molecule has 2 aromatic rings. The SMILES string of the molecule is COCCN=C1CC(c2occ3ccccc23)CN1C. The monoisotopic (exact) mass is 272 g/mol. The summed E-state index contributed by atoms with van der Waals surface area (Å²) in [6.07, 6.45) is 2.79. The van der Waals surface area contributed by atoms with E-state index in [1.165, 1.54) is 10.8 Å². The third-order valence-corrected chi connectivity index (χ3v) is 3.86. The highest BCUT2D eigenvalue weighted by Crippen LogP contribution is 2.34. The fraction of sp³-hybridized carbons (Fsp3) is 0.438. The lowest BCUT2D eigenvalue weighted by Gasteiger charge is -2.11. The van der Waals surface area contributed by atoms with E-state index < -0.39 is 0 Å². The van der Waals surface area contributed by atoms with Gasteiger partial charge in [0.2, 0.25) is 0 Å². The Hall–Kier alpha value is -1.81. The summed E-state index contributed by atoms with van der Waals surface area (Å²) in [7, 11) is 3.80. The van der Waals surface area contributed by atoms with Crippen LogP contribution in [-0.4, -0.2) is 44.6 Å². The topological polar surface area (TPSA) is 38.0 Å². The molecule has 0 spiro atoms. The van der Waals surface area contributed by atoms with Crippen molar-refractivity contribution in [3.05, 3.63) is 36.3 Å². The summed E-state index contributed by atoms with van der Waals surface area (Å²) in [4.78, 5) is 6.83. The van der Waals surface area contributed by atoms with Gasteiger partial charge in [0, 0.05) is 43.8 Å². The van der Waals surface area contributed by atoms with Crippen LogP contribution in [-0.2, 0) is 4.74 Å². The van der Waals surface area contributed by atoms with Crippen molar-refractivity contribution in [3.63, 3.8) is 0 Å². The van der Waals surface area contributed by atoms with Gasteiger partial charge in [0.15, 0.2) is 0 Å². The zero-order valence-corrected chi connectivity index (χ0v) is 12.0. The number of nitrogens with zero attached hydrogens (tertiary/aromatic N) is 2. The molecule has 106 valence electrons. The first-order chi connectivity index (χ1) is 9.79. The van der Waals surface area contributed by atoms with Crippen LogP contribution in [0.1, 0.15) is 18.1 Å². The smallest absolute Gasteiger partial charge is 0.116 e. The lowest BCUT2D eigenvalue weighted by atomic mass is 10.0. The van der Waals surface area contributed by atoms with Crippen molar-refractivity contribution >= 4 is 16.6 Å². The summed E-state index contributed by atoms with van der Waals surface area (Å²) in [6, 6.07) is 8.33. The number of ether oxygens (including phenoxy) is 1. The fourth-order valence-electron chi connectivity index (χ4n) is 2.83. The molecule has 2 heterocycles. The van der Waals surface area contributed by atoms with Crippen LogP contribution in [0.15, 0.2) is 39.9 Å². The maximum atomic E-state index is 5.81. The molecule has 0 N–H and O–H groups in total. The zero-order valence-electron chi connectivity index (χ0n) is 12.0. The maximum absolute atomic E-state index is 5.81. The van der Waals surface area contributed by atoms with Gasteiger partial charge in [-0.05, 0) is 0 Å². The predicted octanol–water partition coefficient (Wildman–Crippen LogP) is 2.90. The molecule has 0 bridgehead atoms. The first kappa shape index (κ1) is 13.2. The molecule has 0 aliphatic carbocycles. The van der Waals surface area contributed by atoms with Gasteiger partial charge >= 0.3 is 0 Å². The highest BCUT2D eigenvalue weighted by Gasteiger charge is 2.29. The number of hydrogen-bond acceptors (Lipinski definition) is 3. The normalized spacial score (nSPS) is 21.2. The van der Waals surface area contributed by atoms with Gasteiger partial charge in [-0.3, -0.25) is 4.99 Å². The Morgan fingerprint density at radius 3 is 3.10 bits per heavy atom. The number of likely N-dealkylation sites (N-methyl/N-ethyl adjacent to an activating group) is 1. The van der Waals surface area contributed by atoms with E-state index in [4.69, 9.17) is 9.15 Å². The lowest BCUT2D eigenvalue weighted by molar-refractivity contribution is 0.207. The Labute approximate surface area is 119 Å². The predicted molar refractivity (Wildman–Crippen MR) is 80.4 cm³/mol. The molecule has 4 heteroatoms. The number of rotatable bonds is 4. The Morgan fingerprint density at radius 1 is 1.40 bits per heavy atom. The van der Waals surface area contributed by atoms with Crippen molar-refractivity contribution in [2.45, 2.75) is 12.3 Å². The molecule has 1 aromatic carbocycles. The quantitative estimate of drug-likeness (QED) is 0.803. The van der Waals surface area contributed by atoms with Gasteiger partial charge in [0.1, 0.15) is 5.76 Å². The first-order valence-corrected chi connectivity index (χ1v) is 6.99. The van der Waals surface area contributed by atoms with Crippen molar-refractivity contribution in [1.29, 1.82) is 0 Å². The highest BCUT2D eigenvalue weighted by atomic mass is 16.5. The van der Waals surface area contributed by atoms with E-state index in [1.807, 2.05) is 12.3 Å². The lowest BCUT2D eigenvalue weighted by Crippen LogP contribution is -2.20. The van der Waals surface area contributed by atoms with Crippen LogP contribution in [0.5, 0.6) is 0 Å². The minimum Gasteiger partial charge on any atom is -0.468 e. The molecule has 20 heavy (non-hydrogen) atoms. The number of methoxy groups -OCH3 is 1. The first-order valence-electron chi connectivity index (χ1n) is 6.99. The number of amidine groups is 1. The van der Waals surface area contributed by atoms with Gasteiger partial charge in [0.25, 0.3) is 0 Å². The molecule has 1 saturated heterocycles. The summed E-state index contributed by atoms with van der Waals surface area (Å²) >= 11 is 0. The average Bonchev–Trinajstić information content (AvgIpc) is 3.03. The molecular formula is C16H20N2O2. The molecule has 3 rings (SSSR count). The van der Waals surface area contributed by atoms with Crippen LogP contribution < -0.4 is 0 Å². The number of benzene rings is 1.